The highest BCUT2D eigenvalue weighted by Gasteiger charge is 2.21. The minimum Gasteiger partial charge on any atom is -0.497 e. The third-order valence-electron chi connectivity index (χ3n) is 4.98. The number of nitrogens with zero attached hydrogens (tertiary/aromatic N) is 2. The Labute approximate surface area is 171 Å². The lowest BCUT2D eigenvalue weighted by atomic mass is 10.2. The van der Waals surface area contributed by atoms with Crippen LogP contribution in [0.25, 0.3) is 20.2 Å². The summed E-state index contributed by atoms with van der Waals surface area (Å²) in [5.41, 5.74) is 1.45. The van der Waals surface area contributed by atoms with E-state index in [0.717, 1.165) is 31.8 Å². The van der Waals surface area contributed by atoms with Crippen LogP contribution >= 0.6 is 11.3 Å². The molecular weight excluding hydrogens is 386 g/mol. The van der Waals surface area contributed by atoms with Crippen LogP contribution in [0.1, 0.15) is 24.2 Å². The van der Waals surface area contributed by atoms with E-state index in [2.05, 4.69) is 10.4 Å². The van der Waals surface area contributed by atoms with E-state index in [0.29, 0.717) is 11.9 Å². The second-order valence-electron chi connectivity index (χ2n) is 6.88. The molecule has 6 nitrogen and oxygen atoms in total. The SMILES string of the molecule is COc1ccc(CNC(=O)C(C)n2nc(C)c3sc4ccccc4c3c2=O)cc1. The Bertz CT molecular complexity index is 1260. The number of benzene rings is 2. The zero-order valence-electron chi connectivity index (χ0n) is 16.4. The molecule has 4 aromatic rings. The summed E-state index contributed by atoms with van der Waals surface area (Å²) in [6, 6.07) is 14.5. The molecule has 0 saturated heterocycles. The monoisotopic (exact) mass is 407 g/mol. The lowest BCUT2D eigenvalue weighted by molar-refractivity contribution is -0.124. The Hall–Kier alpha value is -3.19. The summed E-state index contributed by atoms with van der Waals surface area (Å²) in [5, 5.41) is 8.85. The molecule has 4 rings (SSSR count). The van der Waals surface area contributed by atoms with E-state index >= 15 is 0 Å². The van der Waals surface area contributed by atoms with Crippen LogP contribution in [0.4, 0.5) is 0 Å². The summed E-state index contributed by atoms with van der Waals surface area (Å²) in [7, 11) is 1.61. The molecule has 1 amide bonds. The number of hydrogen-bond acceptors (Lipinski definition) is 5. The summed E-state index contributed by atoms with van der Waals surface area (Å²) in [6.45, 7) is 3.93. The first-order chi connectivity index (χ1) is 14.0. The van der Waals surface area contributed by atoms with Crippen LogP contribution in [0.2, 0.25) is 0 Å². The second-order valence-corrected chi connectivity index (χ2v) is 7.93. The number of rotatable bonds is 5. The first-order valence-corrected chi connectivity index (χ1v) is 10.1. The highest BCUT2D eigenvalue weighted by molar-refractivity contribution is 7.26. The molecule has 0 spiro atoms. The highest BCUT2D eigenvalue weighted by atomic mass is 32.1. The maximum Gasteiger partial charge on any atom is 0.276 e. The van der Waals surface area contributed by atoms with Crippen LogP contribution in [0, 0.1) is 6.92 Å². The average Bonchev–Trinajstić information content (AvgIpc) is 3.15. The van der Waals surface area contributed by atoms with Gasteiger partial charge in [-0.05, 0) is 37.6 Å². The molecule has 0 radical (unpaired) electrons. The molecule has 1 atom stereocenters. The number of nitrogens with one attached hydrogen (secondary N) is 1. The van der Waals surface area contributed by atoms with Crippen molar-refractivity contribution in [2.45, 2.75) is 26.4 Å². The number of amides is 1. The molecule has 0 fully saturated rings. The molecule has 2 heterocycles. The quantitative estimate of drug-likeness (QED) is 0.546. The fourth-order valence-corrected chi connectivity index (χ4v) is 4.47. The van der Waals surface area contributed by atoms with E-state index in [-0.39, 0.29) is 11.5 Å². The van der Waals surface area contributed by atoms with Gasteiger partial charge in [0.25, 0.3) is 5.56 Å². The summed E-state index contributed by atoms with van der Waals surface area (Å²) in [6.07, 6.45) is 0. The fourth-order valence-electron chi connectivity index (χ4n) is 3.33. The zero-order chi connectivity index (χ0) is 20.5. The predicted octanol–water partition coefficient (Wildman–Crippen LogP) is 3.81. The van der Waals surface area contributed by atoms with Crippen LogP contribution in [-0.2, 0) is 11.3 Å². The van der Waals surface area contributed by atoms with Crippen molar-refractivity contribution in [3.63, 3.8) is 0 Å². The Morgan fingerprint density at radius 1 is 1.21 bits per heavy atom. The first-order valence-electron chi connectivity index (χ1n) is 9.31. The fraction of sp³-hybridized carbons (Fsp3) is 0.227. The topological polar surface area (TPSA) is 73.2 Å². The van der Waals surface area contributed by atoms with E-state index < -0.39 is 6.04 Å². The summed E-state index contributed by atoms with van der Waals surface area (Å²) in [4.78, 5) is 25.9. The molecule has 0 saturated carbocycles. The van der Waals surface area contributed by atoms with Gasteiger partial charge >= 0.3 is 0 Å². The van der Waals surface area contributed by atoms with Gasteiger partial charge in [-0.1, -0.05) is 30.3 Å². The Morgan fingerprint density at radius 2 is 1.93 bits per heavy atom. The molecule has 0 aliphatic rings. The van der Waals surface area contributed by atoms with Gasteiger partial charge in [0.15, 0.2) is 0 Å². The van der Waals surface area contributed by atoms with Crippen LogP contribution in [-0.4, -0.2) is 22.8 Å². The van der Waals surface area contributed by atoms with Gasteiger partial charge in [0.2, 0.25) is 5.91 Å². The third kappa shape index (κ3) is 3.49. The molecule has 0 aliphatic heterocycles. The molecule has 29 heavy (non-hydrogen) atoms. The Kier molecular flexibility index (Phi) is 5.07. The number of hydrogen-bond donors (Lipinski definition) is 1. The van der Waals surface area contributed by atoms with Crippen LogP contribution < -0.4 is 15.6 Å². The van der Waals surface area contributed by atoms with Crippen molar-refractivity contribution >= 4 is 37.4 Å². The molecule has 148 valence electrons. The van der Waals surface area contributed by atoms with Gasteiger partial charge in [-0.3, -0.25) is 9.59 Å². The average molecular weight is 407 g/mol. The molecular formula is C22H21N3O3S. The maximum absolute atomic E-state index is 13.2. The van der Waals surface area contributed by atoms with Crippen LogP contribution in [0.15, 0.2) is 53.3 Å². The van der Waals surface area contributed by atoms with Gasteiger partial charge in [0.05, 0.1) is 22.9 Å². The largest absolute Gasteiger partial charge is 0.497 e. The third-order valence-corrected chi connectivity index (χ3v) is 6.26. The van der Waals surface area contributed by atoms with Crippen molar-refractivity contribution in [1.29, 1.82) is 0 Å². The van der Waals surface area contributed by atoms with Crippen molar-refractivity contribution in [3.8, 4) is 5.75 Å². The van der Waals surface area contributed by atoms with Crippen molar-refractivity contribution in [1.82, 2.24) is 15.1 Å². The van der Waals surface area contributed by atoms with Crippen molar-refractivity contribution in [2.24, 2.45) is 0 Å². The van der Waals surface area contributed by atoms with E-state index in [4.69, 9.17) is 4.74 Å². The molecule has 1 N–H and O–H groups in total. The van der Waals surface area contributed by atoms with E-state index in [9.17, 15) is 9.59 Å². The zero-order valence-corrected chi connectivity index (χ0v) is 17.2. The van der Waals surface area contributed by atoms with Crippen molar-refractivity contribution in [2.75, 3.05) is 7.11 Å². The molecule has 7 heteroatoms. The highest BCUT2D eigenvalue weighted by Crippen LogP contribution is 2.32. The standard InChI is InChI=1S/C22H21N3O3S/c1-13-20-19(17-6-4-5-7-18(17)29-20)22(27)25(24-13)14(2)21(26)23-12-15-8-10-16(28-3)11-9-15/h4-11,14H,12H2,1-3H3,(H,23,26). The molecule has 0 aliphatic carbocycles. The smallest absolute Gasteiger partial charge is 0.276 e. The molecule has 1 unspecified atom stereocenters. The predicted molar refractivity (Wildman–Crippen MR) is 116 cm³/mol. The van der Waals surface area contributed by atoms with Crippen LogP contribution in [0.5, 0.6) is 5.75 Å². The molecule has 0 bridgehead atoms. The van der Waals surface area contributed by atoms with E-state index in [1.807, 2.05) is 55.5 Å². The van der Waals surface area contributed by atoms with E-state index in [1.54, 1.807) is 25.4 Å². The number of methoxy groups -OCH3 is 1. The number of aryl methyl sites for hydroxylation is 1. The number of ether oxygens (including phenoxy) is 1. The Balaban J connectivity index is 1.62. The number of thiophene rings is 1. The summed E-state index contributed by atoms with van der Waals surface area (Å²) >= 11 is 1.56. The van der Waals surface area contributed by atoms with Crippen molar-refractivity contribution < 1.29 is 9.53 Å². The van der Waals surface area contributed by atoms with Gasteiger partial charge in [0, 0.05) is 16.6 Å². The van der Waals surface area contributed by atoms with Crippen LogP contribution in [0.3, 0.4) is 0 Å². The van der Waals surface area contributed by atoms with Gasteiger partial charge in [-0.2, -0.15) is 5.10 Å². The lowest BCUT2D eigenvalue weighted by Crippen LogP contribution is -2.37. The lowest BCUT2D eigenvalue weighted by Gasteiger charge is -2.15. The summed E-state index contributed by atoms with van der Waals surface area (Å²) < 4.78 is 8.35. The van der Waals surface area contributed by atoms with Gasteiger partial charge in [0.1, 0.15) is 11.8 Å². The molecule has 2 aromatic carbocycles. The minimum absolute atomic E-state index is 0.241. The number of fused-ring (bicyclic) bond motifs is 3. The van der Waals surface area contributed by atoms with Crippen molar-refractivity contribution in [3.05, 3.63) is 70.1 Å². The van der Waals surface area contributed by atoms with Gasteiger partial charge < -0.3 is 10.1 Å². The molecule has 2 aromatic heterocycles. The maximum atomic E-state index is 13.2. The Morgan fingerprint density at radius 3 is 2.66 bits per heavy atom. The number of aromatic nitrogens is 2. The first kappa shape index (κ1) is 19.1. The van der Waals surface area contributed by atoms with Gasteiger partial charge in [-0.25, -0.2) is 4.68 Å². The number of carbonyl (C=O) groups excluding carboxylic acids is 1. The minimum atomic E-state index is -0.720. The summed E-state index contributed by atoms with van der Waals surface area (Å²) in [5.74, 6) is 0.504. The van der Waals surface area contributed by atoms with Gasteiger partial charge in [-0.15, -0.1) is 11.3 Å². The van der Waals surface area contributed by atoms with E-state index in [1.165, 1.54) is 4.68 Å². The number of carbonyl (C=O) groups is 1. The normalized spacial score (nSPS) is 12.2. The second kappa shape index (κ2) is 7.67.